The number of nitrogens with one attached hydrogen (secondary N) is 1. The zero-order chi connectivity index (χ0) is 24.5. The average molecular weight is 485 g/mol. The van der Waals surface area contributed by atoms with E-state index in [9.17, 15) is 4.39 Å². The summed E-state index contributed by atoms with van der Waals surface area (Å²) in [5.41, 5.74) is 6.69. The molecule has 1 atom stereocenters. The van der Waals surface area contributed by atoms with Crippen LogP contribution in [0.25, 0.3) is 17.0 Å². The molecule has 0 saturated heterocycles. The van der Waals surface area contributed by atoms with Crippen LogP contribution in [0.15, 0.2) is 83.0 Å². The summed E-state index contributed by atoms with van der Waals surface area (Å²) in [6.07, 6.45) is 0. The summed E-state index contributed by atoms with van der Waals surface area (Å²) in [5.74, 6) is 0.550. The van der Waals surface area contributed by atoms with Gasteiger partial charge in [0.05, 0.1) is 11.6 Å². The summed E-state index contributed by atoms with van der Waals surface area (Å²) in [5, 5.41) is 8.18. The first-order valence-electron chi connectivity index (χ1n) is 11.4. The molecule has 3 aromatic carbocycles. The topological polar surface area (TPSA) is 54.2 Å². The highest BCUT2D eigenvalue weighted by molar-refractivity contribution is 7.80. The number of aryl methyl sites for hydroxylation is 2. The second kappa shape index (κ2) is 9.43. The Kier molecular flexibility index (Phi) is 6.17. The number of hydrogen-bond donors (Lipinski definition) is 1. The van der Waals surface area contributed by atoms with Gasteiger partial charge in [-0.3, -0.25) is 0 Å². The summed E-state index contributed by atoms with van der Waals surface area (Å²) in [7, 11) is 0. The Hall–Kier alpha value is -3.84. The van der Waals surface area contributed by atoms with Gasteiger partial charge in [0.25, 0.3) is 5.89 Å². The number of halogens is 1. The molecule has 0 radical (unpaired) electrons. The number of rotatable bonds is 5. The molecule has 1 N–H and O–H groups in total. The number of nitrogens with zero attached hydrogens (tertiary/aromatic N) is 3. The van der Waals surface area contributed by atoms with Crippen molar-refractivity contribution in [3.05, 3.63) is 112 Å². The van der Waals surface area contributed by atoms with E-state index in [0.717, 1.165) is 33.5 Å². The highest BCUT2D eigenvalue weighted by Gasteiger charge is 2.34. The van der Waals surface area contributed by atoms with Crippen LogP contribution in [0.3, 0.4) is 0 Å². The maximum absolute atomic E-state index is 14.2. The van der Waals surface area contributed by atoms with Crippen molar-refractivity contribution >= 4 is 22.9 Å². The predicted octanol–water partition coefficient (Wildman–Crippen LogP) is 6.36. The first kappa shape index (κ1) is 22.9. The number of aromatic nitrogens is 2. The number of allylic oxidation sites excluding steroid dienone is 1. The molecule has 7 heteroatoms. The molecule has 1 aromatic heterocycles. The third kappa shape index (κ3) is 4.72. The zero-order valence-corrected chi connectivity index (χ0v) is 20.6. The minimum Gasteiger partial charge on any atom is -0.351 e. The fourth-order valence-electron chi connectivity index (χ4n) is 4.33. The van der Waals surface area contributed by atoms with Crippen molar-refractivity contribution < 1.29 is 8.91 Å². The highest BCUT2D eigenvalue weighted by Crippen LogP contribution is 2.38. The van der Waals surface area contributed by atoms with Crippen LogP contribution in [0, 0.1) is 19.7 Å². The predicted molar refractivity (Wildman–Crippen MR) is 139 cm³/mol. The monoisotopic (exact) mass is 484 g/mol. The van der Waals surface area contributed by atoms with Crippen molar-refractivity contribution in [1.82, 2.24) is 20.4 Å². The average Bonchev–Trinajstić information content (AvgIpc) is 3.31. The van der Waals surface area contributed by atoms with Crippen LogP contribution < -0.4 is 5.32 Å². The smallest absolute Gasteiger partial charge is 0.258 e. The van der Waals surface area contributed by atoms with E-state index < -0.39 is 6.04 Å². The summed E-state index contributed by atoms with van der Waals surface area (Å²) in [4.78, 5) is 6.74. The van der Waals surface area contributed by atoms with Gasteiger partial charge >= 0.3 is 0 Å². The van der Waals surface area contributed by atoms with E-state index in [-0.39, 0.29) is 5.82 Å². The maximum atomic E-state index is 14.2. The molecule has 5 rings (SSSR count). The minimum absolute atomic E-state index is 0.319. The standard InChI is InChI=1S/C28H25FN4OS/c1-17-10-12-21(13-11-17)26-31-27(34-32-26)24-19(3)33(16-20-7-4-6-18(2)14-20)28(35)30-25(24)22-8-5-9-23(29)15-22/h4-15,25H,16H2,1-3H3,(H,30,35). The van der Waals surface area contributed by atoms with Crippen molar-refractivity contribution in [3.63, 3.8) is 0 Å². The van der Waals surface area contributed by atoms with E-state index in [0.29, 0.717) is 23.4 Å². The molecule has 2 heterocycles. The van der Waals surface area contributed by atoms with Gasteiger partial charge in [0.1, 0.15) is 5.82 Å². The normalized spacial score (nSPS) is 15.9. The Bertz CT molecular complexity index is 1430. The molecule has 0 bridgehead atoms. The van der Waals surface area contributed by atoms with Crippen LogP contribution in [0.4, 0.5) is 4.39 Å². The van der Waals surface area contributed by atoms with Crippen LogP contribution in [-0.4, -0.2) is 20.2 Å². The van der Waals surface area contributed by atoms with Gasteiger partial charge in [0.15, 0.2) is 5.11 Å². The lowest BCUT2D eigenvalue weighted by molar-refractivity contribution is 0.396. The van der Waals surface area contributed by atoms with E-state index in [1.54, 1.807) is 6.07 Å². The second-order valence-electron chi connectivity index (χ2n) is 8.80. The first-order chi connectivity index (χ1) is 16.9. The van der Waals surface area contributed by atoms with Crippen LogP contribution in [0.2, 0.25) is 0 Å². The Morgan fingerprint density at radius 2 is 1.74 bits per heavy atom. The molecule has 1 unspecified atom stereocenters. The molecule has 1 aliphatic heterocycles. The summed E-state index contributed by atoms with van der Waals surface area (Å²) >= 11 is 5.76. The van der Waals surface area contributed by atoms with Crippen molar-refractivity contribution in [2.75, 3.05) is 0 Å². The molecule has 1 aliphatic rings. The summed E-state index contributed by atoms with van der Waals surface area (Å²) < 4.78 is 19.9. The number of thiocarbonyl (C=S) groups is 1. The van der Waals surface area contributed by atoms with Crippen molar-refractivity contribution in [2.24, 2.45) is 0 Å². The van der Waals surface area contributed by atoms with Gasteiger partial charge in [-0.1, -0.05) is 76.9 Å². The van der Waals surface area contributed by atoms with Gasteiger partial charge in [0, 0.05) is 17.8 Å². The molecule has 0 fully saturated rings. The molecule has 5 nitrogen and oxygen atoms in total. The fourth-order valence-corrected chi connectivity index (χ4v) is 4.65. The lowest BCUT2D eigenvalue weighted by Crippen LogP contribution is -2.45. The van der Waals surface area contributed by atoms with Gasteiger partial charge in [-0.2, -0.15) is 4.98 Å². The minimum atomic E-state index is -0.432. The Labute approximate surface area is 209 Å². The van der Waals surface area contributed by atoms with Gasteiger partial charge < -0.3 is 14.7 Å². The Morgan fingerprint density at radius 1 is 0.971 bits per heavy atom. The van der Waals surface area contributed by atoms with Crippen LogP contribution >= 0.6 is 12.2 Å². The summed E-state index contributed by atoms with van der Waals surface area (Å²) in [6.45, 7) is 6.66. The van der Waals surface area contributed by atoms with E-state index in [1.165, 1.54) is 17.7 Å². The molecular weight excluding hydrogens is 459 g/mol. The molecular formula is C28H25FN4OS. The zero-order valence-electron chi connectivity index (χ0n) is 19.7. The highest BCUT2D eigenvalue weighted by atomic mass is 32.1. The van der Waals surface area contributed by atoms with Crippen LogP contribution in [-0.2, 0) is 6.54 Å². The van der Waals surface area contributed by atoms with Gasteiger partial charge in [-0.15, -0.1) is 0 Å². The largest absolute Gasteiger partial charge is 0.351 e. The molecule has 176 valence electrons. The number of hydrogen-bond acceptors (Lipinski definition) is 4. The molecule has 35 heavy (non-hydrogen) atoms. The number of benzene rings is 3. The lowest BCUT2D eigenvalue weighted by atomic mass is 9.94. The third-order valence-corrected chi connectivity index (χ3v) is 6.51. The SMILES string of the molecule is CC1=C(c2nc(-c3ccc(C)cc3)no2)C(c2cccc(F)c2)NC(=S)N1Cc1cccc(C)c1. The van der Waals surface area contributed by atoms with Gasteiger partial charge in [-0.05, 0) is 56.2 Å². The molecule has 0 saturated carbocycles. The first-order valence-corrected chi connectivity index (χ1v) is 11.8. The summed E-state index contributed by atoms with van der Waals surface area (Å²) in [6, 6.07) is 22.3. The molecule has 4 aromatic rings. The van der Waals surface area contributed by atoms with Crippen molar-refractivity contribution in [1.29, 1.82) is 0 Å². The van der Waals surface area contributed by atoms with Gasteiger partial charge in [-0.25, -0.2) is 4.39 Å². The van der Waals surface area contributed by atoms with Crippen molar-refractivity contribution in [3.8, 4) is 11.4 Å². The molecule has 0 aliphatic carbocycles. The van der Waals surface area contributed by atoms with Gasteiger partial charge in [0.2, 0.25) is 5.82 Å². The Morgan fingerprint density at radius 3 is 2.49 bits per heavy atom. The molecule has 0 spiro atoms. The van der Waals surface area contributed by atoms with Crippen LogP contribution in [0.1, 0.15) is 41.1 Å². The maximum Gasteiger partial charge on any atom is 0.258 e. The molecule has 0 amide bonds. The Balaban J connectivity index is 1.60. The second-order valence-corrected chi connectivity index (χ2v) is 9.19. The van der Waals surface area contributed by atoms with Crippen molar-refractivity contribution in [2.45, 2.75) is 33.4 Å². The lowest BCUT2D eigenvalue weighted by Gasteiger charge is -2.37. The van der Waals surface area contributed by atoms with Crippen LogP contribution in [0.5, 0.6) is 0 Å². The third-order valence-electron chi connectivity index (χ3n) is 6.17. The fraction of sp³-hybridized carbons (Fsp3) is 0.179. The quantitative estimate of drug-likeness (QED) is 0.333. The van der Waals surface area contributed by atoms with E-state index in [4.69, 9.17) is 21.7 Å². The van der Waals surface area contributed by atoms with E-state index >= 15 is 0 Å². The van der Waals surface area contributed by atoms with E-state index in [1.807, 2.05) is 55.1 Å². The van der Waals surface area contributed by atoms with E-state index in [2.05, 4.69) is 35.6 Å².